The molecule has 0 aromatic heterocycles. The third kappa shape index (κ3) is 3.14. The van der Waals surface area contributed by atoms with Gasteiger partial charge >= 0.3 is 0 Å². The highest BCUT2D eigenvalue weighted by atomic mass is 35.5. The molecule has 1 aromatic carbocycles. The Kier molecular flexibility index (Phi) is 4.30. The van der Waals surface area contributed by atoms with Crippen molar-refractivity contribution < 1.29 is 0 Å². The van der Waals surface area contributed by atoms with E-state index in [-0.39, 0.29) is 0 Å². The second-order valence-corrected chi connectivity index (χ2v) is 5.26. The van der Waals surface area contributed by atoms with Crippen molar-refractivity contribution in [3.63, 3.8) is 0 Å². The Hall–Kier alpha value is -0.730. The maximum atomic E-state index is 6.40. The highest BCUT2D eigenvalue weighted by molar-refractivity contribution is 6.33. The fraction of sp³-hybridized carbons (Fsp3) is 0.571. The van der Waals surface area contributed by atoms with Crippen molar-refractivity contribution in [2.45, 2.75) is 26.7 Å². The van der Waals surface area contributed by atoms with E-state index in [1.807, 2.05) is 0 Å². The number of rotatable bonds is 1. The first-order chi connectivity index (χ1) is 8.18. The van der Waals surface area contributed by atoms with Crippen LogP contribution in [0.15, 0.2) is 12.1 Å². The van der Waals surface area contributed by atoms with Crippen LogP contribution in [-0.4, -0.2) is 26.2 Å². The van der Waals surface area contributed by atoms with Crippen molar-refractivity contribution in [2.75, 3.05) is 31.1 Å². The predicted octanol–water partition coefficient (Wildman–Crippen LogP) is 3.15. The van der Waals surface area contributed by atoms with Gasteiger partial charge in [-0.05, 0) is 57.0 Å². The molecule has 0 radical (unpaired) electrons. The summed E-state index contributed by atoms with van der Waals surface area (Å²) in [6.45, 7) is 8.66. The van der Waals surface area contributed by atoms with Gasteiger partial charge < -0.3 is 10.2 Å². The molecule has 17 heavy (non-hydrogen) atoms. The van der Waals surface area contributed by atoms with Crippen molar-refractivity contribution in [3.05, 3.63) is 28.3 Å². The second-order valence-electron chi connectivity index (χ2n) is 4.86. The average Bonchev–Trinajstić information content (AvgIpc) is 2.19. The second kappa shape index (κ2) is 5.74. The normalized spacial score (nSPS) is 17.7. The lowest BCUT2D eigenvalue weighted by Gasteiger charge is -2.29. The fourth-order valence-corrected chi connectivity index (χ4v) is 3.00. The summed E-state index contributed by atoms with van der Waals surface area (Å²) in [6, 6.07) is 4.29. The number of nitrogens with one attached hydrogen (secondary N) is 1. The summed E-state index contributed by atoms with van der Waals surface area (Å²) in [6.07, 6.45) is 2.37. The molecule has 94 valence electrons. The van der Waals surface area contributed by atoms with Crippen LogP contribution in [0.4, 0.5) is 5.69 Å². The van der Waals surface area contributed by atoms with Crippen LogP contribution in [0.5, 0.6) is 0 Å². The first-order valence-corrected chi connectivity index (χ1v) is 6.78. The molecule has 1 saturated heterocycles. The van der Waals surface area contributed by atoms with Gasteiger partial charge in [-0.3, -0.25) is 0 Å². The third-order valence-electron chi connectivity index (χ3n) is 3.28. The number of hydrogen-bond acceptors (Lipinski definition) is 2. The van der Waals surface area contributed by atoms with E-state index in [1.165, 1.54) is 29.7 Å². The summed E-state index contributed by atoms with van der Waals surface area (Å²) in [4.78, 5) is 2.44. The van der Waals surface area contributed by atoms with E-state index in [0.717, 1.165) is 31.2 Å². The molecule has 0 amide bonds. The monoisotopic (exact) mass is 252 g/mol. The predicted molar refractivity (Wildman–Crippen MR) is 75.2 cm³/mol. The van der Waals surface area contributed by atoms with Crippen LogP contribution in [-0.2, 0) is 0 Å². The molecule has 3 heteroatoms. The van der Waals surface area contributed by atoms with E-state index in [0.29, 0.717) is 0 Å². The molecule has 0 saturated carbocycles. The first-order valence-electron chi connectivity index (χ1n) is 6.41. The molecule has 2 nitrogen and oxygen atoms in total. The van der Waals surface area contributed by atoms with E-state index < -0.39 is 0 Å². The molecule has 0 spiro atoms. The molecule has 1 fully saturated rings. The van der Waals surface area contributed by atoms with Crippen LogP contribution in [0.25, 0.3) is 0 Å². The molecule has 0 aliphatic carbocycles. The van der Waals surface area contributed by atoms with Gasteiger partial charge in [-0.2, -0.15) is 0 Å². The topological polar surface area (TPSA) is 15.3 Å². The number of hydrogen-bond donors (Lipinski definition) is 1. The minimum atomic E-state index is 0.899. The molecular formula is C14H21ClN2. The van der Waals surface area contributed by atoms with E-state index >= 15 is 0 Å². The molecule has 1 aliphatic rings. The summed E-state index contributed by atoms with van der Waals surface area (Å²) >= 11 is 6.40. The number of aryl methyl sites for hydroxylation is 2. The van der Waals surface area contributed by atoms with Crippen LogP contribution < -0.4 is 10.2 Å². The van der Waals surface area contributed by atoms with Gasteiger partial charge in [0, 0.05) is 13.1 Å². The quantitative estimate of drug-likeness (QED) is 0.826. The maximum Gasteiger partial charge on any atom is 0.0644 e. The average molecular weight is 253 g/mol. The summed E-state index contributed by atoms with van der Waals surface area (Å²) in [5.74, 6) is 0. The summed E-state index contributed by atoms with van der Waals surface area (Å²) in [5, 5.41) is 4.34. The lowest BCUT2D eigenvalue weighted by atomic mass is 10.1. The van der Waals surface area contributed by atoms with Crippen molar-refractivity contribution in [2.24, 2.45) is 0 Å². The molecule has 0 unspecified atom stereocenters. The zero-order valence-electron chi connectivity index (χ0n) is 10.7. The van der Waals surface area contributed by atoms with Crippen LogP contribution in [0, 0.1) is 13.8 Å². The largest absolute Gasteiger partial charge is 0.370 e. The maximum absolute atomic E-state index is 6.40. The zero-order valence-corrected chi connectivity index (χ0v) is 11.5. The smallest absolute Gasteiger partial charge is 0.0644 e. The Morgan fingerprint density at radius 3 is 2.35 bits per heavy atom. The number of anilines is 1. The van der Waals surface area contributed by atoms with Crippen LogP contribution in [0.1, 0.15) is 24.0 Å². The van der Waals surface area contributed by atoms with Gasteiger partial charge in [-0.1, -0.05) is 17.7 Å². The minimum Gasteiger partial charge on any atom is -0.370 e. The first kappa shape index (κ1) is 12.7. The van der Waals surface area contributed by atoms with Crippen molar-refractivity contribution in [3.8, 4) is 0 Å². The highest BCUT2D eigenvalue weighted by Crippen LogP contribution is 2.31. The summed E-state index contributed by atoms with van der Waals surface area (Å²) in [5.41, 5.74) is 3.77. The Balaban J connectivity index is 2.24. The fourth-order valence-electron chi connectivity index (χ4n) is 2.56. The standard InChI is InChI=1S/C14H21ClN2/c1-11-9-12(2)14(13(15)10-11)17-7-3-5-16-6-4-8-17/h9-10,16H,3-8H2,1-2H3. The lowest BCUT2D eigenvalue weighted by molar-refractivity contribution is 0.567. The molecule has 0 atom stereocenters. The van der Waals surface area contributed by atoms with E-state index in [1.54, 1.807) is 0 Å². The van der Waals surface area contributed by atoms with Gasteiger partial charge in [0.1, 0.15) is 0 Å². The van der Waals surface area contributed by atoms with Crippen LogP contribution in [0.2, 0.25) is 5.02 Å². The Morgan fingerprint density at radius 1 is 1.12 bits per heavy atom. The highest BCUT2D eigenvalue weighted by Gasteiger charge is 2.14. The van der Waals surface area contributed by atoms with Gasteiger partial charge in [0.25, 0.3) is 0 Å². The third-order valence-corrected chi connectivity index (χ3v) is 3.57. The Labute approximate surface area is 109 Å². The molecule has 2 rings (SSSR count). The van der Waals surface area contributed by atoms with Crippen molar-refractivity contribution in [1.29, 1.82) is 0 Å². The van der Waals surface area contributed by atoms with E-state index in [9.17, 15) is 0 Å². The van der Waals surface area contributed by atoms with Gasteiger partial charge in [0.05, 0.1) is 10.7 Å². The molecule has 1 aliphatic heterocycles. The Morgan fingerprint density at radius 2 is 1.76 bits per heavy atom. The van der Waals surface area contributed by atoms with E-state index in [2.05, 4.69) is 36.2 Å². The van der Waals surface area contributed by atoms with Gasteiger partial charge in [-0.15, -0.1) is 0 Å². The van der Waals surface area contributed by atoms with Crippen LogP contribution >= 0.6 is 11.6 Å². The van der Waals surface area contributed by atoms with Crippen LogP contribution in [0.3, 0.4) is 0 Å². The Bertz CT molecular complexity index is 359. The molecule has 1 aromatic rings. The van der Waals surface area contributed by atoms with Crippen molar-refractivity contribution in [1.82, 2.24) is 5.32 Å². The lowest BCUT2D eigenvalue weighted by Crippen LogP contribution is -2.34. The number of benzene rings is 1. The minimum absolute atomic E-state index is 0.899. The zero-order chi connectivity index (χ0) is 12.3. The summed E-state index contributed by atoms with van der Waals surface area (Å²) in [7, 11) is 0. The molecule has 0 bridgehead atoms. The van der Waals surface area contributed by atoms with Crippen molar-refractivity contribution >= 4 is 17.3 Å². The van der Waals surface area contributed by atoms with Gasteiger partial charge in [-0.25, -0.2) is 0 Å². The molecule has 1 N–H and O–H groups in total. The van der Waals surface area contributed by atoms with Gasteiger partial charge in [0.2, 0.25) is 0 Å². The van der Waals surface area contributed by atoms with Gasteiger partial charge in [0.15, 0.2) is 0 Å². The van der Waals surface area contributed by atoms with E-state index in [4.69, 9.17) is 11.6 Å². The SMILES string of the molecule is Cc1cc(C)c(N2CCCNCCC2)c(Cl)c1. The number of halogens is 1. The molecule has 1 heterocycles. The molecular weight excluding hydrogens is 232 g/mol. The summed E-state index contributed by atoms with van der Waals surface area (Å²) < 4.78 is 0. The number of nitrogens with zero attached hydrogens (tertiary/aromatic N) is 1.